The Morgan fingerprint density at radius 2 is 1.08 bits per heavy atom. The number of ketones is 2. The number of piperidine rings is 2. The lowest BCUT2D eigenvalue weighted by Gasteiger charge is -2.32. The maximum atomic E-state index is 13.3. The van der Waals surface area contributed by atoms with Gasteiger partial charge in [0.05, 0.1) is 0 Å². The highest BCUT2D eigenvalue weighted by Crippen LogP contribution is 2.34. The summed E-state index contributed by atoms with van der Waals surface area (Å²) in [6.45, 7) is 11.3. The van der Waals surface area contributed by atoms with Crippen LogP contribution in [0.4, 0.5) is 0 Å². The number of ether oxygens (including phenoxy) is 1. The fourth-order valence-electron chi connectivity index (χ4n) is 8.47. The Morgan fingerprint density at radius 1 is 0.644 bits per heavy atom. The lowest BCUT2D eigenvalue weighted by molar-refractivity contribution is -0.156. The number of fused-ring (bicyclic) bond motifs is 2. The average Bonchev–Trinajstić information content (AvgIpc) is 4.17. The molecule has 59 heavy (non-hydrogen) atoms. The number of carbonyl (C=O) groups excluding carboxylic acids is 5. The number of rotatable bonds is 11. The molecule has 2 heterocycles. The van der Waals surface area contributed by atoms with E-state index >= 15 is 0 Å². The van der Waals surface area contributed by atoms with E-state index in [2.05, 4.69) is 44.1 Å². The summed E-state index contributed by atoms with van der Waals surface area (Å²) in [7, 11) is 0. The molecular formula is C49H64N4O6. The maximum Gasteiger partial charge on any atom is 0.310 e. The van der Waals surface area contributed by atoms with Gasteiger partial charge in [-0.3, -0.25) is 24.0 Å². The SMILES string of the molecule is C.CC(=O)NCc1cc(C(=O)C2CCCN(CC3CC3)C2)cc2ccccc12.CC(=O)OC(C)=O.NCc1cc(C(=O)C2CCCN(CC3CC3)C2)cc2ccccc12. The predicted molar refractivity (Wildman–Crippen MR) is 235 cm³/mol. The first-order chi connectivity index (χ1) is 28.0. The standard InChI is InChI=1S/C23H28N2O2.C21H26N2O.C4H6O3.CH4/c1-16(26)24-13-21-12-20(11-18-5-2-3-7-22(18)21)23(27)19-6-4-10-25(15-19)14-17-8-9-17;22-12-19-11-18(10-16-4-1-2-6-20(16)19)21(24)17-5-3-9-23(14-17)13-15-7-8-15;1-3(5)7-4(2)6;/h2-3,5,7,11-12,17,19H,4,6,8-10,13-15H2,1H3,(H,24,26);1-2,4,6,10-11,15,17H,3,5,7-9,12-14,22H2;1-2H3;1H4. The normalized spacial score (nSPS) is 19.3. The second kappa shape index (κ2) is 21.5. The molecule has 10 heteroatoms. The van der Waals surface area contributed by atoms with Gasteiger partial charge in [-0.15, -0.1) is 0 Å². The van der Waals surface area contributed by atoms with Gasteiger partial charge in [0.25, 0.3) is 0 Å². The predicted octanol–water partition coefficient (Wildman–Crippen LogP) is 8.12. The minimum Gasteiger partial charge on any atom is -0.394 e. The number of nitrogens with one attached hydrogen (secondary N) is 1. The van der Waals surface area contributed by atoms with Gasteiger partial charge in [-0.05, 0) is 133 Å². The topological polar surface area (TPSA) is 139 Å². The zero-order valence-corrected chi connectivity index (χ0v) is 34.5. The van der Waals surface area contributed by atoms with Crippen molar-refractivity contribution in [2.45, 2.75) is 92.7 Å². The number of esters is 2. The van der Waals surface area contributed by atoms with E-state index in [4.69, 9.17) is 5.73 Å². The van der Waals surface area contributed by atoms with E-state index in [9.17, 15) is 24.0 Å². The highest BCUT2D eigenvalue weighted by molar-refractivity contribution is 6.03. The van der Waals surface area contributed by atoms with Crippen LogP contribution in [0.5, 0.6) is 0 Å². The van der Waals surface area contributed by atoms with Crippen LogP contribution < -0.4 is 11.1 Å². The first-order valence-electron chi connectivity index (χ1n) is 21.2. The molecule has 3 N–H and O–H groups in total. The molecule has 2 aliphatic heterocycles. The summed E-state index contributed by atoms with van der Waals surface area (Å²) in [5.41, 5.74) is 9.64. The van der Waals surface area contributed by atoms with Crippen LogP contribution >= 0.6 is 0 Å². The number of hydrogen-bond donors (Lipinski definition) is 2. The van der Waals surface area contributed by atoms with E-state index in [1.807, 2.05) is 48.5 Å². The van der Waals surface area contributed by atoms with Crippen LogP contribution in [0.2, 0.25) is 0 Å². The molecule has 8 rings (SSSR count). The molecule has 10 nitrogen and oxygen atoms in total. The van der Waals surface area contributed by atoms with Crippen molar-refractivity contribution < 1.29 is 28.7 Å². The summed E-state index contributed by atoms with van der Waals surface area (Å²) in [4.78, 5) is 62.3. The molecular weight excluding hydrogens is 741 g/mol. The van der Waals surface area contributed by atoms with Gasteiger partial charge in [-0.25, -0.2) is 0 Å². The number of hydrogen-bond acceptors (Lipinski definition) is 9. The molecule has 2 saturated heterocycles. The number of likely N-dealkylation sites (tertiary alicyclic amines) is 2. The average molecular weight is 805 g/mol. The molecule has 2 aliphatic carbocycles. The van der Waals surface area contributed by atoms with Crippen LogP contribution in [0, 0.1) is 23.7 Å². The minimum absolute atomic E-state index is 0. The first kappa shape index (κ1) is 45.3. The Kier molecular flexibility index (Phi) is 16.5. The van der Waals surface area contributed by atoms with Crippen molar-refractivity contribution in [1.82, 2.24) is 15.1 Å². The molecule has 0 radical (unpaired) electrons. The van der Waals surface area contributed by atoms with Crippen molar-refractivity contribution >= 4 is 51.0 Å². The molecule has 0 bridgehead atoms. The van der Waals surface area contributed by atoms with E-state index < -0.39 is 11.9 Å². The van der Waals surface area contributed by atoms with Gasteiger partial charge in [-0.2, -0.15) is 0 Å². The Morgan fingerprint density at radius 3 is 1.49 bits per heavy atom. The quantitative estimate of drug-likeness (QED) is 0.0875. The van der Waals surface area contributed by atoms with Crippen LogP contribution in [0.25, 0.3) is 21.5 Å². The summed E-state index contributed by atoms with van der Waals surface area (Å²) in [5, 5.41) is 7.32. The van der Waals surface area contributed by atoms with Crippen LogP contribution in [-0.4, -0.2) is 78.5 Å². The number of nitrogens with zero attached hydrogens (tertiary/aromatic N) is 2. The molecule has 316 valence electrons. The third-order valence-corrected chi connectivity index (χ3v) is 11.7. The second-order valence-electron chi connectivity index (χ2n) is 16.7. The van der Waals surface area contributed by atoms with E-state index in [0.717, 1.165) is 114 Å². The molecule has 2 atom stereocenters. The molecule has 0 spiro atoms. The Labute approximate surface area is 350 Å². The summed E-state index contributed by atoms with van der Waals surface area (Å²) in [6.07, 6.45) is 9.70. The van der Waals surface area contributed by atoms with E-state index in [1.165, 1.54) is 53.0 Å². The fourth-order valence-corrected chi connectivity index (χ4v) is 8.47. The van der Waals surface area contributed by atoms with E-state index in [1.54, 1.807) is 0 Å². The number of nitrogens with two attached hydrogens (primary N) is 1. The number of benzene rings is 4. The number of carbonyl (C=O) groups is 5. The minimum atomic E-state index is -0.562. The molecule has 2 unspecified atom stereocenters. The number of Topliss-reactive ketones (excluding diaryl/α,β-unsaturated/α-hetero) is 2. The maximum absolute atomic E-state index is 13.3. The molecule has 0 aromatic heterocycles. The van der Waals surface area contributed by atoms with Crippen molar-refractivity contribution in [3.05, 3.63) is 95.1 Å². The smallest absolute Gasteiger partial charge is 0.310 e. The van der Waals surface area contributed by atoms with Crippen LogP contribution in [0.1, 0.15) is 111 Å². The zero-order valence-electron chi connectivity index (χ0n) is 34.5. The molecule has 4 aromatic rings. The second-order valence-corrected chi connectivity index (χ2v) is 16.7. The van der Waals surface area contributed by atoms with Crippen molar-refractivity contribution in [2.75, 3.05) is 39.3 Å². The lowest BCUT2D eigenvalue weighted by atomic mass is 9.88. The molecule has 1 amide bonds. The van der Waals surface area contributed by atoms with E-state index in [0.29, 0.717) is 18.9 Å². The Bertz CT molecular complexity index is 2100. The van der Waals surface area contributed by atoms with Gasteiger partial charge >= 0.3 is 11.9 Å². The van der Waals surface area contributed by atoms with Crippen molar-refractivity contribution in [3.63, 3.8) is 0 Å². The first-order valence-corrected chi connectivity index (χ1v) is 21.2. The van der Waals surface area contributed by atoms with Crippen molar-refractivity contribution in [1.29, 1.82) is 0 Å². The summed E-state index contributed by atoms with van der Waals surface area (Å²) in [5.74, 6) is 1.36. The Balaban J connectivity index is 0.000000192. The van der Waals surface area contributed by atoms with Gasteiger partial charge in [0.15, 0.2) is 11.6 Å². The van der Waals surface area contributed by atoms with Crippen molar-refractivity contribution in [3.8, 4) is 0 Å². The van der Waals surface area contributed by atoms with Gasteiger partial charge < -0.3 is 25.6 Å². The highest BCUT2D eigenvalue weighted by Gasteiger charge is 2.32. The van der Waals surface area contributed by atoms with Gasteiger partial charge in [-0.1, -0.05) is 56.0 Å². The monoisotopic (exact) mass is 804 g/mol. The third kappa shape index (κ3) is 13.4. The Hall–Kier alpha value is -4.77. The molecule has 4 aliphatic rings. The molecule has 4 fully saturated rings. The third-order valence-electron chi connectivity index (χ3n) is 11.7. The highest BCUT2D eigenvalue weighted by atomic mass is 16.6. The van der Waals surface area contributed by atoms with E-state index in [-0.39, 0.29) is 31.0 Å². The molecule has 2 saturated carbocycles. The summed E-state index contributed by atoms with van der Waals surface area (Å²) >= 11 is 0. The fraction of sp³-hybridized carbons (Fsp3) is 0.490. The molecule has 4 aromatic carbocycles. The van der Waals surface area contributed by atoms with Crippen LogP contribution in [0.3, 0.4) is 0 Å². The summed E-state index contributed by atoms with van der Waals surface area (Å²) < 4.78 is 3.97. The zero-order chi connectivity index (χ0) is 41.2. The largest absolute Gasteiger partial charge is 0.394 e. The van der Waals surface area contributed by atoms with Crippen LogP contribution in [0.15, 0.2) is 72.8 Å². The lowest BCUT2D eigenvalue weighted by Crippen LogP contribution is -2.39. The van der Waals surface area contributed by atoms with Crippen molar-refractivity contribution in [2.24, 2.45) is 29.4 Å². The van der Waals surface area contributed by atoms with Gasteiger partial charge in [0, 0.05) is 83.0 Å². The van der Waals surface area contributed by atoms with Crippen LogP contribution in [-0.2, 0) is 32.2 Å². The summed E-state index contributed by atoms with van der Waals surface area (Å²) in [6, 6.07) is 24.4. The van der Waals surface area contributed by atoms with Gasteiger partial charge in [0.2, 0.25) is 5.91 Å². The van der Waals surface area contributed by atoms with Gasteiger partial charge in [0.1, 0.15) is 0 Å². The number of amides is 1.